The molecule has 1 aliphatic rings. The fourth-order valence-corrected chi connectivity index (χ4v) is 1.44. The van der Waals surface area contributed by atoms with Gasteiger partial charge in [-0.25, -0.2) is 0 Å². The third-order valence-corrected chi connectivity index (χ3v) is 2.36. The minimum Gasteiger partial charge on any atom is -0.382 e. The van der Waals surface area contributed by atoms with Crippen LogP contribution in [0.5, 0.6) is 0 Å². The van der Waals surface area contributed by atoms with Gasteiger partial charge in [0.25, 0.3) is 0 Å². The first-order valence-electron chi connectivity index (χ1n) is 4.18. The summed E-state index contributed by atoms with van der Waals surface area (Å²) >= 11 is 0. The van der Waals surface area contributed by atoms with Crippen LogP contribution in [0.3, 0.4) is 0 Å². The molecule has 0 saturated carbocycles. The van der Waals surface area contributed by atoms with Crippen molar-refractivity contribution in [2.24, 2.45) is 0 Å². The van der Waals surface area contributed by atoms with Gasteiger partial charge in [-0.1, -0.05) is 12.1 Å². The summed E-state index contributed by atoms with van der Waals surface area (Å²) in [7, 11) is 0. The minimum atomic E-state index is -0.757. The van der Waals surface area contributed by atoms with Crippen molar-refractivity contribution in [1.82, 2.24) is 5.32 Å². The minimum absolute atomic E-state index is 0.571. The normalized spacial score (nSPS) is 18.8. The second-order valence-electron chi connectivity index (χ2n) is 3.33. The van der Waals surface area contributed by atoms with E-state index in [4.69, 9.17) is 5.26 Å². The predicted molar refractivity (Wildman–Crippen MR) is 47.9 cm³/mol. The van der Waals surface area contributed by atoms with Crippen molar-refractivity contribution in [3.63, 3.8) is 0 Å². The maximum absolute atomic E-state index is 9.93. The van der Waals surface area contributed by atoms with E-state index in [9.17, 15) is 5.11 Å². The van der Waals surface area contributed by atoms with E-state index in [1.807, 2.05) is 6.07 Å². The van der Waals surface area contributed by atoms with Crippen molar-refractivity contribution < 1.29 is 5.11 Å². The van der Waals surface area contributed by atoms with Gasteiger partial charge in [0.1, 0.15) is 5.60 Å². The number of benzene rings is 1. The van der Waals surface area contributed by atoms with Crippen LogP contribution in [-0.2, 0) is 5.60 Å². The van der Waals surface area contributed by atoms with E-state index in [1.54, 1.807) is 18.2 Å². The molecule has 1 aromatic carbocycles. The summed E-state index contributed by atoms with van der Waals surface area (Å²) < 4.78 is 0. The number of nitrogens with zero attached hydrogens (tertiary/aromatic N) is 1. The summed E-state index contributed by atoms with van der Waals surface area (Å²) in [5, 5.41) is 21.6. The van der Waals surface area contributed by atoms with Crippen molar-refractivity contribution in [2.75, 3.05) is 13.1 Å². The number of nitriles is 1. The zero-order chi connectivity index (χ0) is 9.31. The molecule has 0 spiro atoms. The van der Waals surface area contributed by atoms with E-state index < -0.39 is 5.60 Å². The van der Waals surface area contributed by atoms with Gasteiger partial charge in [0, 0.05) is 13.1 Å². The molecule has 0 aliphatic carbocycles. The van der Waals surface area contributed by atoms with E-state index in [0.29, 0.717) is 18.7 Å². The summed E-state index contributed by atoms with van der Waals surface area (Å²) in [4.78, 5) is 0. The highest BCUT2D eigenvalue weighted by Gasteiger charge is 2.35. The molecule has 66 valence electrons. The lowest BCUT2D eigenvalue weighted by Crippen LogP contribution is -2.56. The van der Waals surface area contributed by atoms with E-state index in [1.165, 1.54) is 0 Å². The van der Waals surface area contributed by atoms with Gasteiger partial charge in [-0.2, -0.15) is 5.26 Å². The summed E-state index contributed by atoms with van der Waals surface area (Å²) in [6, 6.07) is 9.17. The van der Waals surface area contributed by atoms with Gasteiger partial charge in [0.05, 0.1) is 11.6 Å². The van der Waals surface area contributed by atoms with Crippen LogP contribution in [-0.4, -0.2) is 18.2 Å². The first-order chi connectivity index (χ1) is 6.24. The van der Waals surface area contributed by atoms with Crippen LogP contribution in [0.1, 0.15) is 11.1 Å². The zero-order valence-electron chi connectivity index (χ0n) is 7.12. The summed E-state index contributed by atoms with van der Waals surface area (Å²) in [5.74, 6) is 0. The molecule has 0 aromatic heterocycles. The van der Waals surface area contributed by atoms with E-state index in [-0.39, 0.29) is 0 Å². The molecule has 1 fully saturated rings. The third kappa shape index (κ3) is 1.31. The van der Waals surface area contributed by atoms with Crippen LogP contribution < -0.4 is 5.32 Å². The lowest BCUT2D eigenvalue weighted by Gasteiger charge is -2.38. The molecule has 1 saturated heterocycles. The topological polar surface area (TPSA) is 56.0 Å². The molecule has 0 radical (unpaired) electrons. The van der Waals surface area contributed by atoms with Gasteiger partial charge in [0.2, 0.25) is 0 Å². The van der Waals surface area contributed by atoms with Crippen molar-refractivity contribution in [2.45, 2.75) is 5.60 Å². The van der Waals surface area contributed by atoms with E-state index in [0.717, 1.165) is 5.56 Å². The Morgan fingerprint density at radius 3 is 2.77 bits per heavy atom. The first kappa shape index (κ1) is 8.24. The molecule has 2 rings (SSSR count). The molecule has 3 heteroatoms. The lowest BCUT2D eigenvalue weighted by molar-refractivity contribution is -0.0146. The predicted octanol–water partition coefficient (Wildman–Crippen LogP) is 0.349. The third-order valence-electron chi connectivity index (χ3n) is 2.36. The standard InChI is InChI=1S/C10H10N2O/c11-5-8-2-1-3-9(4-8)10(13)6-12-7-10/h1-4,12-13H,6-7H2. The Bertz CT molecular complexity index is 363. The van der Waals surface area contributed by atoms with Crippen LogP contribution in [0, 0.1) is 11.3 Å². The number of β-amino-alcohol motifs (C(OH)–C–C–N with tert-alkyl or cyclic N) is 1. The van der Waals surface area contributed by atoms with E-state index in [2.05, 4.69) is 11.4 Å². The summed E-state index contributed by atoms with van der Waals surface area (Å²) in [6.45, 7) is 1.14. The van der Waals surface area contributed by atoms with Crippen LogP contribution >= 0.6 is 0 Å². The van der Waals surface area contributed by atoms with Crippen LogP contribution in [0.25, 0.3) is 0 Å². The monoisotopic (exact) mass is 174 g/mol. The smallest absolute Gasteiger partial charge is 0.114 e. The number of hydrogen-bond acceptors (Lipinski definition) is 3. The molecule has 0 unspecified atom stereocenters. The maximum atomic E-state index is 9.93. The van der Waals surface area contributed by atoms with Gasteiger partial charge in [0.15, 0.2) is 0 Å². The Hall–Kier alpha value is -1.37. The molecular weight excluding hydrogens is 164 g/mol. The van der Waals surface area contributed by atoms with Gasteiger partial charge < -0.3 is 10.4 Å². The fraction of sp³-hybridized carbons (Fsp3) is 0.300. The van der Waals surface area contributed by atoms with Crippen LogP contribution in [0.15, 0.2) is 24.3 Å². The maximum Gasteiger partial charge on any atom is 0.114 e. The Balaban J connectivity index is 2.36. The van der Waals surface area contributed by atoms with Crippen molar-refractivity contribution >= 4 is 0 Å². The second-order valence-corrected chi connectivity index (χ2v) is 3.33. The molecule has 0 amide bonds. The molecule has 13 heavy (non-hydrogen) atoms. The summed E-state index contributed by atoms with van der Waals surface area (Å²) in [6.07, 6.45) is 0. The molecule has 0 atom stereocenters. The van der Waals surface area contributed by atoms with Gasteiger partial charge >= 0.3 is 0 Å². The Morgan fingerprint density at radius 2 is 2.23 bits per heavy atom. The SMILES string of the molecule is N#Cc1cccc(C2(O)CNC2)c1. The number of hydrogen-bond donors (Lipinski definition) is 2. The Labute approximate surface area is 76.6 Å². The molecular formula is C10H10N2O. The average Bonchev–Trinajstić information content (AvgIpc) is 2.14. The first-order valence-corrected chi connectivity index (χ1v) is 4.18. The number of nitrogens with one attached hydrogen (secondary N) is 1. The van der Waals surface area contributed by atoms with Gasteiger partial charge in [-0.05, 0) is 17.7 Å². The molecule has 3 nitrogen and oxygen atoms in total. The van der Waals surface area contributed by atoms with Crippen LogP contribution in [0.2, 0.25) is 0 Å². The largest absolute Gasteiger partial charge is 0.382 e. The molecule has 0 bridgehead atoms. The second kappa shape index (κ2) is 2.84. The highest BCUT2D eigenvalue weighted by atomic mass is 16.3. The molecule has 2 N–H and O–H groups in total. The Morgan fingerprint density at radius 1 is 1.46 bits per heavy atom. The Kier molecular flexibility index (Phi) is 1.80. The number of rotatable bonds is 1. The highest BCUT2D eigenvalue weighted by Crippen LogP contribution is 2.25. The van der Waals surface area contributed by atoms with E-state index >= 15 is 0 Å². The quantitative estimate of drug-likeness (QED) is 0.646. The average molecular weight is 174 g/mol. The molecule has 1 aliphatic heterocycles. The zero-order valence-corrected chi connectivity index (χ0v) is 7.12. The molecule has 1 aromatic rings. The lowest BCUT2D eigenvalue weighted by atomic mass is 9.87. The number of aliphatic hydroxyl groups is 1. The van der Waals surface area contributed by atoms with Crippen molar-refractivity contribution in [3.05, 3.63) is 35.4 Å². The van der Waals surface area contributed by atoms with Crippen LogP contribution in [0.4, 0.5) is 0 Å². The van der Waals surface area contributed by atoms with Gasteiger partial charge in [-0.3, -0.25) is 0 Å². The fourth-order valence-electron chi connectivity index (χ4n) is 1.44. The molecule has 1 heterocycles. The van der Waals surface area contributed by atoms with Gasteiger partial charge in [-0.15, -0.1) is 0 Å². The van der Waals surface area contributed by atoms with Crippen molar-refractivity contribution in [1.29, 1.82) is 5.26 Å². The van der Waals surface area contributed by atoms with Crippen molar-refractivity contribution in [3.8, 4) is 6.07 Å². The highest BCUT2D eigenvalue weighted by molar-refractivity contribution is 5.36. The summed E-state index contributed by atoms with van der Waals surface area (Å²) in [5.41, 5.74) is 0.662.